The summed E-state index contributed by atoms with van der Waals surface area (Å²) in [4.78, 5) is 0. The SMILES string of the molecule is CSP(Br)Br. The van der Waals surface area contributed by atoms with Gasteiger partial charge in [0.2, 0.25) is 0 Å². The second kappa shape index (κ2) is 3.91. The summed E-state index contributed by atoms with van der Waals surface area (Å²) in [7, 11) is 0. The Labute approximate surface area is 53.1 Å². The van der Waals surface area contributed by atoms with Crippen molar-refractivity contribution in [3.05, 3.63) is 0 Å². The molecule has 0 amide bonds. The number of rotatable bonds is 1. The van der Waals surface area contributed by atoms with Crippen LogP contribution in [-0.4, -0.2) is 6.26 Å². The van der Waals surface area contributed by atoms with E-state index in [9.17, 15) is 0 Å². The van der Waals surface area contributed by atoms with Gasteiger partial charge >= 0.3 is 0 Å². The Morgan fingerprint density at radius 3 is 1.80 bits per heavy atom. The van der Waals surface area contributed by atoms with Crippen molar-refractivity contribution in [3.8, 4) is 0 Å². The summed E-state index contributed by atoms with van der Waals surface area (Å²) in [5.74, 6) is 0. The Balaban J connectivity index is 2.54. The Hall–Kier alpha value is 1.74. The average molecular weight is 238 g/mol. The molecular formula is CH3Br2PS. The highest BCUT2D eigenvalue weighted by Crippen LogP contribution is 2.61. The first kappa shape index (κ1) is 6.74. The maximum atomic E-state index is 3.32. The van der Waals surface area contributed by atoms with E-state index in [-0.39, 0.29) is 4.53 Å². The first-order chi connectivity index (χ1) is 2.27. The summed E-state index contributed by atoms with van der Waals surface area (Å²) in [6.07, 6.45) is 2.05. The molecule has 0 nitrogen and oxygen atoms in total. The smallest absolute Gasteiger partial charge is 0.0930 e. The quantitative estimate of drug-likeness (QED) is 0.631. The largest absolute Gasteiger partial charge is 0.115 e. The predicted octanol–water partition coefficient (Wildman–Crippen LogP) is 3.37. The normalized spacial score (nSPS) is 9.60. The van der Waals surface area contributed by atoms with Crippen LogP contribution in [0.15, 0.2) is 0 Å². The standard InChI is InChI=1S/CH3Br2PS/c1-5-4(2)3/h1H3. The van der Waals surface area contributed by atoms with Crippen LogP contribution in [0.1, 0.15) is 0 Å². The van der Waals surface area contributed by atoms with Gasteiger partial charge in [0.25, 0.3) is 0 Å². The zero-order chi connectivity index (χ0) is 4.28. The van der Waals surface area contributed by atoms with Crippen LogP contribution in [-0.2, 0) is 0 Å². The molecule has 0 unspecified atom stereocenters. The van der Waals surface area contributed by atoms with E-state index in [0.29, 0.717) is 0 Å². The number of hydrogen-bond donors (Lipinski definition) is 0. The third-order valence-electron chi connectivity index (χ3n) is 0.138. The molecule has 0 aliphatic heterocycles. The van der Waals surface area contributed by atoms with Crippen molar-refractivity contribution < 1.29 is 0 Å². The van der Waals surface area contributed by atoms with Gasteiger partial charge in [-0.25, -0.2) is 0 Å². The van der Waals surface area contributed by atoms with Gasteiger partial charge in [0.1, 0.15) is 0 Å². The van der Waals surface area contributed by atoms with Gasteiger partial charge in [-0.15, -0.1) is 11.4 Å². The molecule has 0 aliphatic rings. The minimum atomic E-state index is -0.0566. The van der Waals surface area contributed by atoms with Gasteiger partial charge in [0.05, 0.1) is 4.53 Å². The van der Waals surface area contributed by atoms with E-state index in [1.807, 2.05) is 0 Å². The van der Waals surface area contributed by atoms with Crippen LogP contribution >= 0.6 is 46.9 Å². The molecule has 0 heterocycles. The molecule has 0 saturated carbocycles. The molecule has 4 heteroatoms. The second-order valence-corrected chi connectivity index (χ2v) is 13.3. The van der Waals surface area contributed by atoms with Crippen LogP contribution in [0.5, 0.6) is 0 Å². The summed E-state index contributed by atoms with van der Waals surface area (Å²) in [5, 5.41) is 0. The Morgan fingerprint density at radius 2 is 1.80 bits per heavy atom. The minimum absolute atomic E-state index is 0.0566. The summed E-state index contributed by atoms with van der Waals surface area (Å²) in [6, 6.07) is 0. The highest BCUT2D eigenvalue weighted by molar-refractivity contribution is 9.77. The molecule has 0 bridgehead atoms. The number of halogens is 2. The molecule has 0 spiro atoms. The molecule has 0 rings (SSSR count). The van der Waals surface area contributed by atoms with Gasteiger partial charge in [-0.1, -0.05) is 0 Å². The third-order valence-corrected chi connectivity index (χ3v) is 6.45. The van der Waals surface area contributed by atoms with E-state index in [2.05, 4.69) is 37.2 Å². The molecule has 5 heavy (non-hydrogen) atoms. The van der Waals surface area contributed by atoms with Crippen LogP contribution in [0.2, 0.25) is 0 Å². The van der Waals surface area contributed by atoms with E-state index >= 15 is 0 Å². The van der Waals surface area contributed by atoms with Gasteiger partial charge in [0, 0.05) is 0 Å². The van der Waals surface area contributed by atoms with Crippen molar-refractivity contribution >= 4 is 46.9 Å². The Kier molecular flexibility index (Phi) is 5.28. The van der Waals surface area contributed by atoms with Crippen molar-refractivity contribution in [2.24, 2.45) is 0 Å². The van der Waals surface area contributed by atoms with Crippen molar-refractivity contribution in [3.63, 3.8) is 0 Å². The van der Waals surface area contributed by atoms with E-state index in [1.54, 1.807) is 11.4 Å². The summed E-state index contributed by atoms with van der Waals surface area (Å²) in [6.45, 7) is 0. The molecule has 0 fully saturated rings. The zero-order valence-corrected chi connectivity index (χ0v) is 7.49. The fourth-order valence-electron chi connectivity index (χ4n) is 0. The Bertz CT molecular complexity index is 23.6. The van der Waals surface area contributed by atoms with E-state index in [4.69, 9.17) is 0 Å². The highest BCUT2D eigenvalue weighted by atomic mass is 79.9. The lowest BCUT2D eigenvalue weighted by atomic mass is 12.0. The van der Waals surface area contributed by atoms with Crippen LogP contribution in [0, 0.1) is 0 Å². The summed E-state index contributed by atoms with van der Waals surface area (Å²) >= 11 is 8.41. The van der Waals surface area contributed by atoms with Gasteiger partial charge in [-0.2, -0.15) is 0 Å². The van der Waals surface area contributed by atoms with E-state index in [0.717, 1.165) is 0 Å². The monoisotopic (exact) mass is 236 g/mol. The lowest BCUT2D eigenvalue weighted by Gasteiger charge is -1.85. The first-order valence-electron chi connectivity index (χ1n) is 0.929. The van der Waals surface area contributed by atoms with Crippen LogP contribution in [0.3, 0.4) is 0 Å². The van der Waals surface area contributed by atoms with Gasteiger partial charge < -0.3 is 0 Å². The third kappa shape index (κ3) is 5.74. The lowest BCUT2D eigenvalue weighted by Crippen LogP contribution is -1.22. The predicted molar refractivity (Wildman–Crippen MR) is 38.3 cm³/mol. The maximum Gasteiger partial charge on any atom is 0.0930 e. The van der Waals surface area contributed by atoms with Gasteiger partial charge in [-0.3, -0.25) is 0 Å². The molecule has 0 saturated heterocycles. The molecule has 0 aromatic heterocycles. The number of hydrogen-bond acceptors (Lipinski definition) is 1. The molecule has 0 atom stereocenters. The fraction of sp³-hybridized carbons (Fsp3) is 1.00. The topological polar surface area (TPSA) is 0 Å². The summed E-state index contributed by atoms with van der Waals surface area (Å²) in [5.41, 5.74) is 0. The first-order valence-corrected chi connectivity index (χ1v) is 8.14. The van der Waals surface area contributed by atoms with Gasteiger partial charge in [-0.05, 0) is 37.2 Å². The van der Waals surface area contributed by atoms with E-state index < -0.39 is 0 Å². The van der Waals surface area contributed by atoms with Crippen molar-refractivity contribution in [2.75, 3.05) is 6.26 Å². The fourth-order valence-corrected chi connectivity index (χ4v) is 0. The van der Waals surface area contributed by atoms with Gasteiger partial charge in [0.15, 0.2) is 0 Å². The second-order valence-electron chi connectivity index (χ2n) is 0.384. The van der Waals surface area contributed by atoms with Crippen LogP contribution < -0.4 is 0 Å². The van der Waals surface area contributed by atoms with E-state index in [1.165, 1.54) is 0 Å². The van der Waals surface area contributed by atoms with Crippen LogP contribution in [0.4, 0.5) is 0 Å². The van der Waals surface area contributed by atoms with Crippen molar-refractivity contribution in [2.45, 2.75) is 0 Å². The van der Waals surface area contributed by atoms with Crippen LogP contribution in [0.25, 0.3) is 0 Å². The molecule has 0 aromatic carbocycles. The molecule has 32 valence electrons. The average Bonchev–Trinajstić information content (AvgIpc) is 1.38. The highest BCUT2D eigenvalue weighted by Gasteiger charge is 1.85. The Morgan fingerprint density at radius 1 is 1.60 bits per heavy atom. The van der Waals surface area contributed by atoms with Crippen molar-refractivity contribution in [1.82, 2.24) is 0 Å². The zero-order valence-electron chi connectivity index (χ0n) is 2.61. The maximum absolute atomic E-state index is 3.32. The summed E-state index contributed by atoms with van der Waals surface area (Å²) < 4.78 is -0.0566. The molecule has 0 N–H and O–H groups in total. The molecular weight excluding hydrogens is 235 g/mol. The molecule has 0 aromatic rings. The minimum Gasteiger partial charge on any atom is -0.115 e. The molecule has 0 aliphatic carbocycles. The lowest BCUT2D eigenvalue weighted by molar-refractivity contribution is 2.54. The van der Waals surface area contributed by atoms with Crippen molar-refractivity contribution in [1.29, 1.82) is 0 Å². The molecule has 0 radical (unpaired) electrons.